The van der Waals surface area contributed by atoms with E-state index in [1.54, 1.807) is 20.2 Å². The van der Waals surface area contributed by atoms with Gasteiger partial charge >= 0.3 is 0 Å². The molecule has 1 aliphatic heterocycles. The minimum Gasteiger partial charge on any atom is -0.343 e. The third kappa shape index (κ3) is 5.78. The first kappa shape index (κ1) is 20.3. The molecule has 1 saturated heterocycles. The van der Waals surface area contributed by atoms with Crippen LogP contribution in [0, 0.1) is 18.3 Å². The number of rotatable bonds is 4. The molecule has 144 valence electrons. The molecule has 0 radical (unpaired) electrons. The van der Waals surface area contributed by atoms with Crippen molar-refractivity contribution in [3.8, 4) is 0 Å². The van der Waals surface area contributed by atoms with Crippen LogP contribution in [-0.4, -0.2) is 58.8 Å². The van der Waals surface area contributed by atoms with Gasteiger partial charge in [0.15, 0.2) is 0 Å². The van der Waals surface area contributed by atoms with E-state index in [2.05, 4.69) is 30.7 Å². The second-order valence-corrected chi connectivity index (χ2v) is 8.78. The van der Waals surface area contributed by atoms with E-state index in [0.29, 0.717) is 23.9 Å². The van der Waals surface area contributed by atoms with Gasteiger partial charge in [-0.1, -0.05) is 20.8 Å². The molecular weight excluding hydrogens is 328 g/mol. The average molecular weight is 361 g/mol. The van der Waals surface area contributed by atoms with Crippen LogP contribution in [-0.2, 0) is 11.2 Å². The topological polar surface area (TPSA) is 66.4 Å². The molecule has 0 spiro atoms. The first-order chi connectivity index (χ1) is 12.0. The fourth-order valence-electron chi connectivity index (χ4n) is 3.39. The Labute approximate surface area is 157 Å². The maximum absolute atomic E-state index is 12.5. The molecule has 0 unspecified atom stereocenters. The molecule has 2 amide bonds. The Hall–Kier alpha value is -1.98. The van der Waals surface area contributed by atoms with Crippen molar-refractivity contribution in [2.24, 2.45) is 11.3 Å². The van der Waals surface area contributed by atoms with Crippen molar-refractivity contribution in [3.05, 3.63) is 23.3 Å². The number of nitrogens with zero attached hydrogens (tertiary/aromatic N) is 4. The zero-order valence-electron chi connectivity index (χ0n) is 17.0. The van der Waals surface area contributed by atoms with E-state index in [-0.39, 0.29) is 17.2 Å². The number of aryl methyl sites for hydroxylation is 1. The van der Waals surface area contributed by atoms with Gasteiger partial charge in [0.1, 0.15) is 11.5 Å². The van der Waals surface area contributed by atoms with Crippen molar-refractivity contribution < 1.29 is 9.59 Å². The van der Waals surface area contributed by atoms with Gasteiger partial charge in [0.05, 0.1) is 0 Å². The van der Waals surface area contributed by atoms with Crippen LogP contribution in [0.4, 0.5) is 0 Å². The molecule has 0 bridgehead atoms. The lowest BCUT2D eigenvalue weighted by Gasteiger charge is -2.34. The van der Waals surface area contributed by atoms with Gasteiger partial charge in [-0.3, -0.25) is 9.59 Å². The minimum atomic E-state index is -0.109. The fraction of sp³-hybridized carbons (Fsp3) is 0.700. The van der Waals surface area contributed by atoms with Gasteiger partial charge in [-0.15, -0.1) is 0 Å². The number of amides is 2. The smallest absolute Gasteiger partial charge is 0.272 e. The van der Waals surface area contributed by atoms with E-state index >= 15 is 0 Å². The largest absolute Gasteiger partial charge is 0.343 e. The maximum Gasteiger partial charge on any atom is 0.272 e. The predicted molar refractivity (Wildman–Crippen MR) is 102 cm³/mol. The lowest BCUT2D eigenvalue weighted by molar-refractivity contribution is -0.134. The Bertz CT molecular complexity index is 664. The molecule has 0 aromatic carbocycles. The summed E-state index contributed by atoms with van der Waals surface area (Å²) < 4.78 is 0. The quantitative estimate of drug-likeness (QED) is 0.828. The van der Waals surface area contributed by atoms with Crippen molar-refractivity contribution in [2.45, 2.75) is 53.4 Å². The van der Waals surface area contributed by atoms with E-state index in [9.17, 15) is 9.59 Å². The van der Waals surface area contributed by atoms with Crippen LogP contribution in [0.1, 0.15) is 62.0 Å². The Balaban J connectivity index is 2.06. The van der Waals surface area contributed by atoms with Gasteiger partial charge in [0.25, 0.3) is 5.91 Å². The maximum atomic E-state index is 12.5. The van der Waals surface area contributed by atoms with Gasteiger partial charge < -0.3 is 9.80 Å². The second kappa shape index (κ2) is 8.14. The van der Waals surface area contributed by atoms with Crippen LogP contribution in [0.2, 0.25) is 0 Å². The molecule has 0 saturated carbocycles. The highest BCUT2D eigenvalue weighted by Gasteiger charge is 2.27. The van der Waals surface area contributed by atoms with Crippen molar-refractivity contribution >= 4 is 11.8 Å². The number of aromatic nitrogens is 2. The van der Waals surface area contributed by atoms with Gasteiger partial charge in [-0.25, -0.2) is 9.97 Å². The molecule has 0 N–H and O–H groups in total. The molecule has 26 heavy (non-hydrogen) atoms. The van der Waals surface area contributed by atoms with E-state index in [1.165, 1.54) is 4.90 Å². The van der Waals surface area contributed by atoms with Gasteiger partial charge in [-0.05, 0) is 43.6 Å². The van der Waals surface area contributed by atoms with Crippen LogP contribution in [0.3, 0.4) is 0 Å². The van der Waals surface area contributed by atoms with Gasteiger partial charge in [0, 0.05) is 39.3 Å². The van der Waals surface area contributed by atoms with Crippen LogP contribution >= 0.6 is 0 Å². The Kier molecular flexibility index (Phi) is 6.37. The third-order valence-corrected chi connectivity index (χ3v) is 4.57. The third-order valence-electron chi connectivity index (χ3n) is 4.57. The molecule has 6 heteroatoms. The van der Waals surface area contributed by atoms with Crippen LogP contribution in [0.25, 0.3) is 0 Å². The summed E-state index contributed by atoms with van der Waals surface area (Å²) in [4.78, 5) is 37.0. The zero-order chi connectivity index (χ0) is 19.5. The SMILES string of the molecule is Cc1nc(C[C@H]2CCCN(C(=O)CC(C)(C)C)C2)cc(C(=O)N(C)C)n1. The predicted octanol–water partition coefficient (Wildman–Crippen LogP) is 2.70. The fourth-order valence-corrected chi connectivity index (χ4v) is 3.39. The Morgan fingerprint density at radius 3 is 2.58 bits per heavy atom. The number of hydrogen-bond acceptors (Lipinski definition) is 4. The minimum absolute atomic E-state index is 0.00916. The molecule has 6 nitrogen and oxygen atoms in total. The standard InChI is InChI=1S/C20H32N4O2/c1-14-21-16(11-17(22-14)19(26)23(5)6)10-15-8-7-9-24(13-15)18(25)12-20(2,3)4/h11,15H,7-10,12-13H2,1-6H3/t15-/m1/s1. The molecule has 2 heterocycles. The monoisotopic (exact) mass is 360 g/mol. The van der Waals surface area contributed by atoms with Gasteiger partial charge in [0.2, 0.25) is 5.91 Å². The second-order valence-electron chi connectivity index (χ2n) is 8.78. The highest BCUT2D eigenvalue weighted by atomic mass is 16.2. The molecule has 0 aliphatic carbocycles. The summed E-state index contributed by atoms with van der Waals surface area (Å²) in [6.45, 7) is 9.72. The lowest BCUT2D eigenvalue weighted by Crippen LogP contribution is -2.41. The van der Waals surface area contributed by atoms with Crippen molar-refractivity contribution in [3.63, 3.8) is 0 Å². The highest BCUT2D eigenvalue weighted by Crippen LogP contribution is 2.25. The Morgan fingerprint density at radius 1 is 1.27 bits per heavy atom. The number of piperidine rings is 1. The lowest BCUT2D eigenvalue weighted by atomic mass is 9.89. The molecule has 1 aromatic heterocycles. The van der Waals surface area contributed by atoms with Crippen LogP contribution in [0.5, 0.6) is 0 Å². The zero-order valence-corrected chi connectivity index (χ0v) is 17.0. The van der Waals surface area contributed by atoms with E-state index < -0.39 is 0 Å². The van der Waals surface area contributed by atoms with Crippen molar-refractivity contribution in [1.82, 2.24) is 19.8 Å². The van der Waals surface area contributed by atoms with Crippen LogP contribution in [0.15, 0.2) is 6.07 Å². The molecule has 2 rings (SSSR count). The first-order valence-electron chi connectivity index (χ1n) is 9.39. The molecule has 1 aromatic rings. The first-order valence-corrected chi connectivity index (χ1v) is 9.39. The Morgan fingerprint density at radius 2 is 1.96 bits per heavy atom. The summed E-state index contributed by atoms with van der Waals surface area (Å²) in [7, 11) is 3.44. The number of carbonyl (C=O) groups excluding carboxylic acids is 2. The van der Waals surface area contributed by atoms with Crippen molar-refractivity contribution in [2.75, 3.05) is 27.2 Å². The number of carbonyl (C=O) groups is 2. The average Bonchev–Trinajstić information content (AvgIpc) is 2.52. The number of hydrogen-bond donors (Lipinski definition) is 0. The van der Waals surface area contributed by atoms with E-state index in [4.69, 9.17) is 0 Å². The van der Waals surface area contributed by atoms with Gasteiger partial charge in [-0.2, -0.15) is 0 Å². The van der Waals surface area contributed by atoms with E-state index in [0.717, 1.165) is 38.0 Å². The molecule has 1 aliphatic rings. The summed E-state index contributed by atoms with van der Waals surface area (Å²) in [6, 6.07) is 1.80. The van der Waals surface area contributed by atoms with Crippen LogP contribution < -0.4 is 0 Å². The van der Waals surface area contributed by atoms with E-state index in [1.807, 2.05) is 11.8 Å². The summed E-state index contributed by atoms with van der Waals surface area (Å²) in [5.74, 6) is 1.13. The molecule has 1 fully saturated rings. The summed E-state index contributed by atoms with van der Waals surface area (Å²) in [5, 5.41) is 0. The summed E-state index contributed by atoms with van der Waals surface area (Å²) in [5.41, 5.74) is 1.33. The number of likely N-dealkylation sites (tertiary alicyclic amines) is 1. The summed E-state index contributed by atoms with van der Waals surface area (Å²) >= 11 is 0. The highest BCUT2D eigenvalue weighted by molar-refractivity contribution is 5.92. The normalized spacial score (nSPS) is 17.9. The van der Waals surface area contributed by atoms with Crippen molar-refractivity contribution in [1.29, 1.82) is 0 Å². The summed E-state index contributed by atoms with van der Waals surface area (Å²) in [6.07, 6.45) is 3.46. The molecular formula is C20H32N4O2. The molecule has 1 atom stereocenters.